The topological polar surface area (TPSA) is 21.3 Å². The molecule has 11 rings (SSSR count). The van der Waals surface area contributed by atoms with Crippen LogP contribution in [0.2, 0.25) is 0 Å². The largest absolute Gasteiger partial charge is 0.456 e. The number of nitrogens with zero attached hydrogens (tertiary/aromatic N) is 2. The number of aromatic nitrogens is 1. The van der Waals surface area contributed by atoms with E-state index >= 15 is 0 Å². The van der Waals surface area contributed by atoms with Crippen molar-refractivity contribution in [2.45, 2.75) is 0 Å². The van der Waals surface area contributed by atoms with Gasteiger partial charge in [0, 0.05) is 59.5 Å². The molecular formula is C48H30N2OS. The third-order valence-corrected chi connectivity index (χ3v) is 11.5. The van der Waals surface area contributed by atoms with Crippen molar-refractivity contribution < 1.29 is 4.42 Å². The van der Waals surface area contributed by atoms with Crippen LogP contribution in [-0.4, -0.2) is 4.57 Å². The van der Waals surface area contributed by atoms with Gasteiger partial charge in [-0.1, -0.05) is 115 Å². The fourth-order valence-corrected chi connectivity index (χ4v) is 9.22. The van der Waals surface area contributed by atoms with Gasteiger partial charge in [0.05, 0.1) is 22.1 Å². The number of hydrogen-bond donors (Lipinski definition) is 0. The third kappa shape index (κ3) is 4.38. The summed E-state index contributed by atoms with van der Waals surface area (Å²) in [6.45, 7) is 0. The molecule has 8 aromatic carbocycles. The summed E-state index contributed by atoms with van der Waals surface area (Å²) < 4.78 is 11.7. The van der Waals surface area contributed by atoms with Gasteiger partial charge in [0.1, 0.15) is 11.2 Å². The summed E-state index contributed by atoms with van der Waals surface area (Å²) in [5, 5.41) is 7.13. The van der Waals surface area contributed by atoms with E-state index in [4.69, 9.17) is 4.42 Å². The van der Waals surface area contributed by atoms with Gasteiger partial charge in [-0.2, -0.15) is 0 Å². The molecule has 0 amide bonds. The lowest BCUT2D eigenvalue weighted by Gasteiger charge is -2.27. The van der Waals surface area contributed by atoms with Crippen LogP contribution >= 0.6 is 11.3 Å². The van der Waals surface area contributed by atoms with Gasteiger partial charge in [0.15, 0.2) is 0 Å². The monoisotopic (exact) mass is 682 g/mol. The van der Waals surface area contributed by atoms with E-state index in [0.29, 0.717) is 0 Å². The maximum absolute atomic E-state index is 6.78. The summed E-state index contributed by atoms with van der Waals surface area (Å²) in [6, 6.07) is 65.4. The fourth-order valence-electron chi connectivity index (χ4n) is 8.08. The average Bonchev–Trinajstić information content (AvgIpc) is 3.87. The summed E-state index contributed by atoms with van der Waals surface area (Å²) in [5.41, 5.74) is 10.7. The number of anilines is 3. The Hall–Kier alpha value is -6.62. The Bertz CT molecular complexity index is 3120. The minimum atomic E-state index is 0.857. The number of rotatable bonds is 5. The molecule has 0 radical (unpaired) electrons. The zero-order valence-corrected chi connectivity index (χ0v) is 28.8. The molecule has 3 aromatic heterocycles. The van der Waals surface area contributed by atoms with Crippen LogP contribution in [0, 0.1) is 0 Å². The predicted molar refractivity (Wildman–Crippen MR) is 221 cm³/mol. The predicted octanol–water partition coefficient (Wildman–Crippen LogP) is 14.2. The molecule has 0 fully saturated rings. The Morgan fingerprint density at radius 2 is 1.12 bits per heavy atom. The third-order valence-electron chi connectivity index (χ3n) is 10.3. The Kier molecular flexibility index (Phi) is 6.42. The second kappa shape index (κ2) is 11.5. The first-order valence-electron chi connectivity index (χ1n) is 17.6. The van der Waals surface area contributed by atoms with Gasteiger partial charge in [-0.15, -0.1) is 11.3 Å². The number of hydrogen-bond acceptors (Lipinski definition) is 3. The highest BCUT2D eigenvalue weighted by molar-refractivity contribution is 7.25. The van der Waals surface area contributed by atoms with Gasteiger partial charge in [0.25, 0.3) is 0 Å². The Labute approximate surface area is 303 Å². The SMILES string of the molecule is c1ccc(-c2ccc3c(c2)c2c(N(c4ccccc4)c4ccc5c(c4)sc4ccccc45)c4c(cc2n3-c2ccccc2)oc2ccccc24)cc1. The van der Waals surface area contributed by atoms with Crippen molar-refractivity contribution >= 4 is 92.3 Å². The molecule has 0 aliphatic heterocycles. The lowest BCUT2D eigenvalue weighted by atomic mass is 9.99. The number of para-hydroxylation sites is 3. The summed E-state index contributed by atoms with van der Waals surface area (Å²) >= 11 is 1.85. The van der Waals surface area contributed by atoms with Crippen LogP contribution in [0.4, 0.5) is 17.1 Å². The van der Waals surface area contributed by atoms with Gasteiger partial charge < -0.3 is 13.9 Å². The van der Waals surface area contributed by atoms with E-state index in [0.717, 1.165) is 55.7 Å². The molecule has 3 nitrogen and oxygen atoms in total. The summed E-state index contributed by atoms with van der Waals surface area (Å²) in [5.74, 6) is 0. The highest BCUT2D eigenvalue weighted by atomic mass is 32.1. The smallest absolute Gasteiger partial charge is 0.139 e. The first-order valence-corrected chi connectivity index (χ1v) is 18.4. The normalized spacial score (nSPS) is 11.8. The number of fused-ring (bicyclic) bond motifs is 9. The quantitative estimate of drug-likeness (QED) is 0.180. The van der Waals surface area contributed by atoms with E-state index in [1.165, 1.54) is 42.1 Å². The Balaban J connectivity index is 1.34. The fraction of sp³-hybridized carbons (Fsp3) is 0. The molecule has 52 heavy (non-hydrogen) atoms. The number of furan rings is 1. The lowest BCUT2D eigenvalue weighted by Crippen LogP contribution is -2.11. The second-order valence-electron chi connectivity index (χ2n) is 13.3. The van der Waals surface area contributed by atoms with Crippen molar-refractivity contribution in [1.29, 1.82) is 0 Å². The average molecular weight is 683 g/mol. The Morgan fingerprint density at radius 3 is 1.94 bits per heavy atom. The number of benzene rings is 8. The van der Waals surface area contributed by atoms with Crippen LogP contribution in [0.25, 0.3) is 80.7 Å². The first kappa shape index (κ1) is 29.1. The first-order chi connectivity index (χ1) is 25.8. The minimum Gasteiger partial charge on any atom is -0.456 e. The lowest BCUT2D eigenvalue weighted by molar-refractivity contribution is 0.669. The van der Waals surface area contributed by atoms with Crippen molar-refractivity contribution in [3.05, 3.63) is 182 Å². The Morgan fingerprint density at radius 1 is 0.423 bits per heavy atom. The van der Waals surface area contributed by atoms with Crippen molar-refractivity contribution in [2.24, 2.45) is 0 Å². The summed E-state index contributed by atoms with van der Waals surface area (Å²) in [7, 11) is 0. The van der Waals surface area contributed by atoms with Crippen molar-refractivity contribution in [3.8, 4) is 16.8 Å². The molecular weight excluding hydrogens is 653 g/mol. The van der Waals surface area contributed by atoms with Crippen molar-refractivity contribution in [1.82, 2.24) is 4.57 Å². The summed E-state index contributed by atoms with van der Waals surface area (Å²) in [6.07, 6.45) is 0. The second-order valence-corrected chi connectivity index (χ2v) is 14.4. The van der Waals surface area contributed by atoms with Crippen LogP contribution in [0.1, 0.15) is 0 Å². The van der Waals surface area contributed by atoms with Crippen LogP contribution in [0.3, 0.4) is 0 Å². The van der Waals surface area contributed by atoms with Gasteiger partial charge in [-0.05, 0) is 71.8 Å². The molecule has 0 bridgehead atoms. The highest BCUT2D eigenvalue weighted by Gasteiger charge is 2.27. The van der Waals surface area contributed by atoms with E-state index in [1.54, 1.807) is 0 Å². The molecule has 11 aromatic rings. The molecule has 4 heteroatoms. The maximum atomic E-state index is 6.78. The maximum Gasteiger partial charge on any atom is 0.139 e. The van der Waals surface area contributed by atoms with Crippen LogP contribution in [0.5, 0.6) is 0 Å². The molecule has 0 N–H and O–H groups in total. The highest BCUT2D eigenvalue weighted by Crippen LogP contribution is 2.51. The van der Waals surface area contributed by atoms with Crippen LogP contribution < -0.4 is 4.90 Å². The molecule has 0 spiro atoms. The zero-order valence-electron chi connectivity index (χ0n) is 28.0. The van der Waals surface area contributed by atoms with E-state index in [-0.39, 0.29) is 0 Å². The van der Waals surface area contributed by atoms with Crippen molar-refractivity contribution in [2.75, 3.05) is 4.90 Å². The molecule has 0 aliphatic carbocycles. The van der Waals surface area contributed by atoms with Gasteiger partial charge in [-0.25, -0.2) is 0 Å². The molecule has 0 aliphatic rings. The molecule has 0 saturated heterocycles. The molecule has 0 unspecified atom stereocenters. The van der Waals surface area contributed by atoms with E-state index in [9.17, 15) is 0 Å². The van der Waals surface area contributed by atoms with Gasteiger partial charge >= 0.3 is 0 Å². The number of thiophene rings is 1. The minimum absolute atomic E-state index is 0.857. The standard InChI is InChI=1S/C48H30N2OS/c1-4-14-31(15-5-1)32-24-27-40-39(28-32)46-41(50(40)34-18-8-3-9-19-34)30-43-47(38-21-10-12-22-42(38)51-43)48(46)49(33-16-6-2-7-17-33)35-25-26-37-36-20-11-13-23-44(36)52-45(37)29-35/h1-30H. The molecule has 3 heterocycles. The molecule has 0 saturated carbocycles. The van der Waals surface area contributed by atoms with E-state index in [1.807, 2.05) is 11.3 Å². The van der Waals surface area contributed by atoms with Gasteiger partial charge in [0.2, 0.25) is 0 Å². The van der Waals surface area contributed by atoms with E-state index < -0.39 is 0 Å². The van der Waals surface area contributed by atoms with Crippen molar-refractivity contribution in [3.63, 3.8) is 0 Å². The van der Waals surface area contributed by atoms with Crippen LogP contribution in [-0.2, 0) is 0 Å². The van der Waals surface area contributed by atoms with Gasteiger partial charge in [-0.3, -0.25) is 0 Å². The summed E-state index contributed by atoms with van der Waals surface area (Å²) in [4.78, 5) is 2.46. The molecule has 0 atom stereocenters. The van der Waals surface area contributed by atoms with Crippen LogP contribution in [0.15, 0.2) is 186 Å². The van der Waals surface area contributed by atoms with E-state index in [2.05, 4.69) is 191 Å². The molecule has 244 valence electrons. The zero-order chi connectivity index (χ0) is 34.2.